The lowest BCUT2D eigenvalue weighted by Gasteiger charge is -2.08. The van der Waals surface area contributed by atoms with Crippen molar-refractivity contribution in [2.75, 3.05) is 7.05 Å². The Labute approximate surface area is 157 Å². The van der Waals surface area contributed by atoms with Crippen LogP contribution < -0.4 is 5.14 Å². The summed E-state index contributed by atoms with van der Waals surface area (Å²) in [4.78, 5) is 7.94. The van der Waals surface area contributed by atoms with E-state index in [-0.39, 0.29) is 10.6 Å². The maximum atomic E-state index is 13.7. The van der Waals surface area contributed by atoms with Crippen LogP contribution in [-0.2, 0) is 22.4 Å². The van der Waals surface area contributed by atoms with E-state index in [1.807, 2.05) is 13.0 Å². The molecule has 0 saturated carbocycles. The van der Waals surface area contributed by atoms with Gasteiger partial charge in [0.05, 0.1) is 4.90 Å². The SMILES string of the molecule is CN=CC/C(C)=C\Cc1nc(C(C)(F)F)cn1-c1ccc(S(N)(=O)=O)cc1. The van der Waals surface area contributed by atoms with E-state index < -0.39 is 15.9 Å². The minimum Gasteiger partial charge on any atom is -0.303 e. The van der Waals surface area contributed by atoms with Gasteiger partial charge in [-0.15, -0.1) is 0 Å². The summed E-state index contributed by atoms with van der Waals surface area (Å²) in [6.07, 6.45) is 5.93. The first-order chi connectivity index (χ1) is 12.5. The van der Waals surface area contributed by atoms with E-state index in [1.54, 1.807) is 13.3 Å². The summed E-state index contributed by atoms with van der Waals surface area (Å²) in [6.45, 7) is 2.71. The van der Waals surface area contributed by atoms with Gasteiger partial charge in [-0.3, -0.25) is 0 Å². The summed E-state index contributed by atoms with van der Waals surface area (Å²) in [6, 6.07) is 5.67. The van der Waals surface area contributed by atoms with Gasteiger partial charge in [-0.1, -0.05) is 11.6 Å². The molecule has 0 saturated heterocycles. The molecule has 6 nitrogen and oxygen atoms in total. The lowest BCUT2D eigenvalue weighted by molar-refractivity contribution is 0.0130. The molecule has 0 fully saturated rings. The van der Waals surface area contributed by atoms with Crippen LogP contribution in [0.1, 0.15) is 31.8 Å². The molecule has 0 radical (unpaired) electrons. The molecule has 0 aliphatic heterocycles. The summed E-state index contributed by atoms with van der Waals surface area (Å²) in [7, 11) is -2.15. The number of rotatable bonds is 7. The van der Waals surface area contributed by atoms with Crippen LogP contribution in [0, 0.1) is 0 Å². The summed E-state index contributed by atoms with van der Waals surface area (Å²) < 4.78 is 51.8. The maximum absolute atomic E-state index is 13.7. The van der Waals surface area contributed by atoms with Crippen LogP contribution in [0.5, 0.6) is 0 Å². The van der Waals surface area contributed by atoms with Crippen molar-refractivity contribution in [1.82, 2.24) is 9.55 Å². The first-order valence-electron chi connectivity index (χ1n) is 8.18. The highest BCUT2D eigenvalue weighted by molar-refractivity contribution is 7.89. The summed E-state index contributed by atoms with van der Waals surface area (Å²) in [5.41, 5.74) is 1.19. The Bertz CT molecular complexity index is 956. The number of imidazole rings is 1. The average molecular weight is 396 g/mol. The van der Waals surface area contributed by atoms with Crippen LogP contribution in [0.15, 0.2) is 52.0 Å². The molecule has 0 atom stereocenters. The molecular formula is C18H22F2N4O2S. The van der Waals surface area contributed by atoms with Crippen molar-refractivity contribution in [2.45, 2.75) is 37.5 Å². The number of benzene rings is 1. The smallest absolute Gasteiger partial charge is 0.288 e. The van der Waals surface area contributed by atoms with Crippen molar-refractivity contribution in [1.29, 1.82) is 0 Å². The minimum atomic E-state index is -3.83. The molecule has 0 unspecified atom stereocenters. The highest BCUT2D eigenvalue weighted by Crippen LogP contribution is 2.28. The molecule has 0 aliphatic carbocycles. The van der Waals surface area contributed by atoms with Gasteiger partial charge in [-0.2, -0.15) is 8.78 Å². The van der Waals surface area contributed by atoms with Gasteiger partial charge in [0.2, 0.25) is 10.0 Å². The summed E-state index contributed by atoms with van der Waals surface area (Å²) >= 11 is 0. The van der Waals surface area contributed by atoms with Gasteiger partial charge in [0, 0.05) is 44.9 Å². The molecule has 1 aromatic carbocycles. The zero-order valence-electron chi connectivity index (χ0n) is 15.4. The number of aromatic nitrogens is 2. The highest BCUT2D eigenvalue weighted by Gasteiger charge is 2.29. The van der Waals surface area contributed by atoms with Crippen molar-refractivity contribution in [2.24, 2.45) is 10.1 Å². The predicted octanol–water partition coefficient (Wildman–Crippen LogP) is 3.21. The van der Waals surface area contributed by atoms with Crippen LogP contribution in [0.4, 0.5) is 8.78 Å². The number of sulfonamides is 1. The Morgan fingerprint density at radius 2 is 1.96 bits per heavy atom. The number of primary sulfonamides is 1. The van der Waals surface area contributed by atoms with Crippen molar-refractivity contribution in [3.8, 4) is 5.69 Å². The van der Waals surface area contributed by atoms with Crippen LogP contribution in [0.3, 0.4) is 0 Å². The van der Waals surface area contributed by atoms with Gasteiger partial charge in [-0.05, 0) is 31.2 Å². The monoisotopic (exact) mass is 396 g/mol. The van der Waals surface area contributed by atoms with Gasteiger partial charge < -0.3 is 9.56 Å². The van der Waals surface area contributed by atoms with E-state index in [0.29, 0.717) is 24.4 Å². The topological polar surface area (TPSA) is 90.3 Å². The molecule has 146 valence electrons. The van der Waals surface area contributed by atoms with Crippen LogP contribution in [0.2, 0.25) is 0 Å². The third kappa shape index (κ3) is 5.54. The van der Waals surface area contributed by atoms with E-state index >= 15 is 0 Å². The number of hydrogen-bond acceptors (Lipinski definition) is 4. The Morgan fingerprint density at radius 1 is 1.33 bits per heavy atom. The van der Waals surface area contributed by atoms with Gasteiger partial charge in [0.25, 0.3) is 5.92 Å². The number of alkyl halides is 2. The Hall–Kier alpha value is -2.39. The molecule has 2 N–H and O–H groups in total. The summed E-state index contributed by atoms with van der Waals surface area (Å²) in [5.74, 6) is -2.67. The minimum absolute atomic E-state index is 0.0523. The number of allylic oxidation sites excluding steroid dienone is 2. The first-order valence-corrected chi connectivity index (χ1v) is 9.73. The lowest BCUT2D eigenvalue weighted by Crippen LogP contribution is -2.12. The van der Waals surface area contributed by atoms with E-state index in [0.717, 1.165) is 12.5 Å². The molecule has 1 aromatic heterocycles. The molecule has 2 aromatic rings. The Kier molecular flexibility index (Phi) is 6.27. The van der Waals surface area contributed by atoms with E-state index in [4.69, 9.17) is 5.14 Å². The number of halogens is 2. The normalized spacial score (nSPS) is 13.5. The Morgan fingerprint density at radius 3 is 2.48 bits per heavy atom. The van der Waals surface area contributed by atoms with Gasteiger partial charge in [0.1, 0.15) is 11.5 Å². The van der Waals surface area contributed by atoms with Crippen LogP contribution in [0.25, 0.3) is 5.69 Å². The molecule has 9 heteroatoms. The maximum Gasteiger partial charge on any atom is 0.288 e. The van der Waals surface area contributed by atoms with Crippen LogP contribution >= 0.6 is 0 Å². The largest absolute Gasteiger partial charge is 0.303 e. The molecule has 0 aliphatic rings. The van der Waals surface area contributed by atoms with E-state index in [1.165, 1.54) is 35.0 Å². The van der Waals surface area contributed by atoms with Crippen LogP contribution in [-0.4, -0.2) is 31.2 Å². The van der Waals surface area contributed by atoms with E-state index in [9.17, 15) is 17.2 Å². The van der Waals surface area contributed by atoms with E-state index in [2.05, 4.69) is 9.98 Å². The zero-order valence-corrected chi connectivity index (χ0v) is 16.2. The third-order valence-electron chi connectivity index (χ3n) is 3.90. The lowest BCUT2D eigenvalue weighted by atomic mass is 10.2. The van der Waals surface area contributed by atoms with Gasteiger partial charge in [-0.25, -0.2) is 18.5 Å². The standard InChI is InChI=1S/C18H22F2N4O2S/c1-13(10-11-22-3)4-9-17-23-16(18(2,19)20)12-24(17)14-5-7-15(8-6-14)27(21,25)26/h4-8,11-12H,9-10H2,1-3H3,(H2,21,25,26)/b13-4-,22-11?. The van der Waals surface area contributed by atoms with Crippen molar-refractivity contribution < 1.29 is 17.2 Å². The number of nitrogens with two attached hydrogens (primary N) is 1. The van der Waals surface area contributed by atoms with Crippen molar-refractivity contribution in [3.05, 3.63) is 53.6 Å². The zero-order chi connectivity index (χ0) is 20.2. The second-order valence-corrected chi connectivity index (χ2v) is 7.80. The quantitative estimate of drug-likeness (QED) is 0.575. The first kappa shape index (κ1) is 20.9. The fourth-order valence-electron chi connectivity index (χ4n) is 2.38. The highest BCUT2D eigenvalue weighted by atomic mass is 32.2. The molecule has 1 heterocycles. The Balaban J connectivity index is 2.43. The summed E-state index contributed by atoms with van der Waals surface area (Å²) in [5, 5.41) is 5.09. The van der Waals surface area contributed by atoms with Gasteiger partial charge in [0.15, 0.2) is 0 Å². The fourth-order valence-corrected chi connectivity index (χ4v) is 2.89. The molecule has 0 amide bonds. The van der Waals surface area contributed by atoms with Crippen molar-refractivity contribution >= 4 is 16.2 Å². The second-order valence-electron chi connectivity index (χ2n) is 6.24. The third-order valence-corrected chi connectivity index (χ3v) is 4.83. The average Bonchev–Trinajstić information content (AvgIpc) is 3.02. The fraction of sp³-hybridized carbons (Fsp3) is 0.333. The molecule has 0 spiro atoms. The molecule has 0 bridgehead atoms. The van der Waals surface area contributed by atoms with Crippen molar-refractivity contribution in [3.63, 3.8) is 0 Å². The predicted molar refractivity (Wildman–Crippen MR) is 101 cm³/mol. The number of nitrogens with zero attached hydrogens (tertiary/aromatic N) is 3. The number of hydrogen-bond donors (Lipinski definition) is 1. The second kappa shape index (κ2) is 8.10. The van der Waals surface area contributed by atoms with Gasteiger partial charge >= 0.3 is 0 Å². The molecule has 2 rings (SSSR count). The molecular weight excluding hydrogens is 374 g/mol. The number of aliphatic imine (C=N–C) groups is 1. The molecule has 27 heavy (non-hydrogen) atoms.